The molecule has 4 rings (SSSR count). The van der Waals surface area contributed by atoms with E-state index in [4.69, 9.17) is 7.85 Å². The number of hydrogen-bond acceptors (Lipinski definition) is 0. The fourth-order valence-electron chi connectivity index (χ4n) is 2.96. The van der Waals surface area contributed by atoms with Gasteiger partial charge in [-0.15, -0.1) is 0 Å². The number of fused-ring (bicyclic) bond motifs is 3. The highest BCUT2D eigenvalue weighted by molar-refractivity contribution is 6.32. The normalized spacial score (nSPS) is 11.0. The van der Waals surface area contributed by atoms with E-state index in [1.807, 2.05) is 12.1 Å². The van der Waals surface area contributed by atoms with Gasteiger partial charge in [-0.05, 0) is 38.7 Å². The second-order valence-corrected chi connectivity index (χ2v) is 5.31. The van der Waals surface area contributed by atoms with E-state index in [1.165, 1.54) is 32.7 Å². The van der Waals surface area contributed by atoms with Gasteiger partial charge in [0.05, 0.1) is 0 Å². The van der Waals surface area contributed by atoms with Gasteiger partial charge in [0.15, 0.2) is 0 Å². The van der Waals surface area contributed by atoms with Gasteiger partial charge in [0.25, 0.3) is 0 Å². The van der Waals surface area contributed by atoms with Crippen molar-refractivity contribution >= 4 is 34.9 Å². The summed E-state index contributed by atoms with van der Waals surface area (Å²) in [6, 6.07) is 27.5. The summed E-state index contributed by atoms with van der Waals surface area (Å²) in [6.07, 6.45) is 0. The highest BCUT2D eigenvalue weighted by atomic mass is 14.1. The average Bonchev–Trinajstić information content (AvgIpc) is 2.55. The topological polar surface area (TPSA) is 0 Å². The summed E-state index contributed by atoms with van der Waals surface area (Å²) in [5.41, 5.74) is 3.25. The molecule has 2 radical (unpaired) electrons. The van der Waals surface area contributed by atoms with Crippen molar-refractivity contribution in [2.75, 3.05) is 0 Å². The van der Waals surface area contributed by atoms with Crippen molar-refractivity contribution in [3.05, 3.63) is 78.9 Å². The van der Waals surface area contributed by atoms with Gasteiger partial charge in [-0.25, -0.2) is 0 Å². The van der Waals surface area contributed by atoms with Crippen LogP contribution in [-0.2, 0) is 0 Å². The molecule has 0 aliphatic heterocycles. The molecule has 1 heteroatoms. The third kappa shape index (κ3) is 2.02. The summed E-state index contributed by atoms with van der Waals surface area (Å²) in [4.78, 5) is 0. The molecule has 21 heavy (non-hydrogen) atoms. The molecule has 0 atom stereocenters. The molecule has 0 N–H and O–H groups in total. The summed E-state index contributed by atoms with van der Waals surface area (Å²) in [7, 11) is 5.81. The Balaban J connectivity index is 2.13. The molecule has 4 aromatic rings. The zero-order valence-electron chi connectivity index (χ0n) is 11.6. The summed E-state index contributed by atoms with van der Waals surface area (Å²) >= 11 is 0. The first-order valence-electron chi connectivity index (χ1n) is 7.09. The summed E-state index contributed by atoms with van der Waals surface area (Å²) in [5, 5.41) is 5.14. The predicted octanol–water partition coefficient (Wildman–Crippen LogP) is 4.45. The quantitative estimate of drug-likeness (QED) is 0.352. The third-order valence-corrected chi connectivity index (χ3v) is 3.99. The molecule has 0 spiro atoms. The van der Waals surface area contributed by atoms with E-state index in [0.717, 1.165) is 5.46 Å². The lowest BCUT2D eigenvalue weighted by Crippen LogP contribution is -1.99. The van der Waals surface area contributed by atoms with Gasteiger partial charge in [-0.3, -0.25) is 0 Å². The molecule has 0 amide bonds. The van der Waals surface area contributed by atoms with E-state index < -0.39 is 0 Å². The summed E-state index contributed by atoms with van der Waals surface area (Å²) < 4.78 is 0. The summed E-state index contributed by atoms with van der Waals surface area (Å²) in [5.74, 6) is 0. The Morgan fingerprint density at radius 2 is 1.19 bits per heavy atom. The second-order valence-electron chi connectivity index (χ2n) is 5.31. The maximum Gasteiger partial charge on any atom is 0.113 e. The predicted molar refractivity (Wildman–Crippen MR) is 92.3 cm³/mol. The Kier molecular flexibility index (Phi) is 2.78. The number of benzene rings is 4. The van der Waals surface area contributed by atoms with E-state index in [0.29, 0.717) is 0 Å². The Labute approximate surface area is 125 Å². The minimum absolute atomic E-state index is 0.795. The van der Waals surface area contributed by atoms with Gasteiger partial charge in [-0.1, -0.05) is 78.3 Å². The van der Waals surface area contributed by atoms with Crippen molar-refractivity contribution in [1.29, 1.82) is 0 Å². The lowest BCUT2D eigenvalue weighted by atomic mass is 9.90. The van der Waals surface area contributed by atoms with Crippen molar-refractivity contribution in [3.63, 3.8) is 0 Å². The maximum absolute atomic E-state index is 5.81. The molecule has 0 saturated heterocycles. The van der Waals surface area contributed by atoms with Gasteiger partial charge >= 0.3 is 0 Å². The first-order chi connectivity index (χ1) is 10.3. The molecule has 96 valence electrons. The van der Waals surface area contributed by atoms with Crippen LogP contribution >= 0.6 is 0 Å². The first kappa shape index (κ1) is 12.2. The third-order valence-electron chi connectivity index (χ3n) is 3.99. The number of rotatable bonds is 1. The van der Waals surface area contributed by atoms with E-state index in [1.54, 1.807) is 0 Å². The zero-order chi connectivity index (χ0) is 14.2. The number of hydrogen-bond donors (Lipinski definition) is 0. The molecular formula is C20H13B. The lowest BCUT2D eigenvalue weighted by molar-refractivity contribution is 1.69. The van der Waals surface area contributed by atoms with Crippen LogP contribution in [-0.4, -0.2) is 7.85 Å². The smallest absolute Gasteiger partial charge is 0.0966 e. The highest BCUT2D eigenvalue weighted by Gasteiger charge is 2.07. The fourth-order valence-corrected chi connectivity index (χ4v) is 2.96. The van der Waals surface area contributed by atoms with Crippen LogP contribution in [0.5, 0.6) is 0 Å². The minimum Gasteiger partial charge on any atom is -0.0966 e. The highest BCUT2D eigenvalue weighted by Crippen LogP contribution is 2.34. The molecule has 0 aliphatic carbocycles. The lowest BCUT2D eigenvalue weighted by Gasteiger charge is -2.11. The SMILES string of the molecule is [B]c1ccc(-c2cc3ccccc3c3ccccc23)cc1. The van der Waals surface area contributed by atoms with Crippen LogP contribution in [0.15, 0.2) is 78.9 Å². The van der Waals surface area contributed by atoms with E-state index in [-0.39, 0.29) is 0 Å². The van der Waals surface area contributed by atoms with Crippen LogP contribution in [0.4, 0.5) is 0 Å². The Hall–Kier alpha value is -2.54. The van der Waals surface area contributed by atoms with Crippen LogP contribution in [0.25, 0.3) is 32.7 Å². The Morgan fingerprint density at radius 3 is 1.95 bits per heavy atom. The molecule has 0 nitrogen and oxygen atoms in total. The monoisotopic (exact) mass is 264 g/mol. The molecule has 4 aromatic carbocycles. The average molecular weight is 264 g/mol. The molecule has 0 aliphatic rings. The van der Waals surface area contributed by atoms with E-state index in [9.17, 15) is 0 Å². The Morgan fingerprint density at radius 1 is 0.571 bits per heavy atom. The van der Waals surface area contributed by atoms with Crippen LogP contribution < -0.4 is 5.46 Å². The van der Waals surface area contributed by atoms with E-state index in [2.05, 4.69) is 66.7 Å². The van der Waals surface area contributed by atoms with Crippen molar-refractivity contribution in [3.8, 4) is 11.1 Å². The van der Waals surface area contributed by atoms with Crippen molar-refractivity contribution in [2.45, 2.75) is 0 Å². The summed E-state index contributed by atoms with van der Waals surface area (Å²) in [6.45, 7) is 0. The molecule has 0 heterocycles. The van der Waals surface area contributed by atoms with Crippen LogP contribution in [0.1, 0.15) is 0 Å². The van der Waals surface area contributed by atoms with Gasteiger partial charge in [0, 0.05) is 0 Å². The fraction of sp³-hybridized carbons (Fsp3) is 0. The molecular weight excluding hydrogens is 251 g/mol. The van der Waals surface area contributed by atoms with Crippen molar-refractivity contribution in [1.82, 2.24) is 0 Å². The molecule has 0 aromatic heterocycles. The van der Waals surface area contributed by atoms with Gasteiger partial charge in [0.1, 0.15) is 7.85 Å². The Bertz CT molecular complexity index is 937. The van der Waals surface area contributed by atoms with Crippen LogP contribution in [0, 0.1) is 0 Å². The van der Waals surface area contributed by atoms with Gasteiger partial charge < -0.3 is 0 Å². The molecule has 0 unspecified atom stereocenters. The second kappa shape index (κ2) is 4.78. The maximum atomic E-state index is 5.81. The molecule has 0 saturated carbocycles. The van der Waals surface area contributed by atoms with Crippen molar-refractivity contribution in [2.24, 2.45) is 0 Å². The van der Waals surface area contributed by atoms with Gasteiger partial charge in [-0.2, -0.15) is 0 Å². The van der Waals surface area contributed by atoms with Crippen LogP contribution in [0.2, 0.25) is 0 Å². The minimum atomic E-state index is 0.795. The first-order valence-corrected chi connectivity index (χ1v) is 7.09. The van der Waals surface area contributed by atoms with Crippen LogP contribution in [0.3, 0.4) is 0 Å². The van der Waals surface area contributed by atoms with Crippen molar-refractivity contribution < 1.29 is 0 Å². The standard InChI is InChI=1S/C20H13B/c21-16-11-9-14(10-12-16)20-13-15-5-1-2-6-17(15)18-7-3-4-8-19(18)20/h1-13H. The molecule has 0 fully saturated rings. The molecule has 0 bridgehead atoms. The van der Waals surface area contributed by atoms with Gasteiger partial charge in [0.2, 0.25) is 0 Å². The van der Waals surface area contributed by atoms with E-state index >= 15 is 0 Å². The zero-order valence-corrected chi connectivity index (χ0v) is 11.6. The largest absolute Gasteiger partial charge is 0.113 e.